The Kier molecular flexibility index (Phi) is 2.45. The van der Waals surface area contributed by atoms with Crippen molar-refractivity contribution in [2.45, 2.75) is 0 Å². The van der Waals surface area contributed by atoms with E-state index in [1.165, 1.54) is 4.57 Å². The average molecular weight is 202 g/mol. The second-order valence-corrected chi connectivity index (χ2v) is 3.05. The van der Waals surface area contributed by atoms with E-state index in [4.69, 9.17) is 0 Å². The van der Waals surface area contributed by atoms with Crippen molar-refractivity contribution in [2.24, 2.45) is 7.05 Å². The molecule has 0 spiro atoms. The van der Waals surface area contributed by atoms with Crippen molar-refractivity contribution in [3.05, 3.63) is 47.3 Å². The molecule has 0 unspecified atom stereocenters. The van der Waals surface area contributed by atoms with E-state index in [0.29, 0.717) is 5.82 Å². The fourth-order valence-electron chi connectivity index (χ4n) is 1.16. The van der Waals surface area contributed by atoms with E-state index in [1.807, 2.05) is 0 Å². The van der Waals surface area contributed by atoms with E-state index >= 15 is 0 Å². The molecular formula is C10H10N4O. The van der Waals surface area contributed by atoms with E-state index < -0.39 is 0 Å². The first-order valence-corrected chi connectivity index (χ1v) is 4.46. The molecular weight excluding hydrogens is 192 g/mol. The summed E-state index contributed by atoms with van der Waals surface area (Å²) in [6.45, 7) is 0. The molecule has 0 bridgehead atoms. The fourth-order valence-corrected chi connectivity index (χ4v) is 1.16. The zero-order chi connectivity index (χ0) is 10.7. The van der Waals surface area contributed by atoms with Crippen molar-refractivity contribution in [2.75, 3.05) is 5.32 Å². The van der Waals surface area contributed by atoms with Crippen molar-refractivity contribution in [1.29, 1.82) is 0 Å². The number of nitrogens with zero attached hydrogens (tertiary/aromatic N) is 3. The van der Waals surface area contributed by atoms with Crippen LogP contribution in [-0.2, 0) is 7.05 Å². The van der Waals surface area contributed by atoms with E-state index in [1.54, 1.807) is 44.0 Å². The van der Waals surface area contributed by atoms with Gasteiger partial charge in [-0.3, -0.25) is 9.78 Å². The lowest BCUT2D eigenvalue weighted by Gasteiger charge is -2.04. The molecule has 76 valence electrons. The normalized spacial score (nSPS) is 9.93. The molecule has 0 radical (unpaired) electrons. The lowest BCUT2D eigenvalue weighted by Crippen LogP contribution is -2.20. The van der Waals surface area contributed by atoms with Crippen molar-refractivity contribution in [1.82, 2.24) is 14.5 Å². The van der Waals surface area contributed by atoms with E-state index in [0.717, 1.165) is 5.69 Å². The van der Waals surface area contributed by atoms with Crippen LogP contribution >= 0.6 is 0 Å². The molecule has 0 saturated heterocycles. The number of rotatable bonds is 2. The van der Waals surface area contributed by atoms with Crippen LogP contribution in [0.2, 0.25) is 0 Å². The van der Waals surface area contributed by atoms with Crippen LogP contribution in [0.15, 0.2) is 41.7 Å². The van der Waals surface area contributed by atoms with Gasteiger partial charge in [0.2, 0.25) is 0 Å². The molecule has 2 aromatic rings. The van der Waals surface area contributed by atoms with Gasteiger partial charge in [-0.1, -0.05) is 0 Å². The van der Waals surface area contributed by atoms with Crippen LogP contribution in [-0.4, -0.2) is 14.5 Å². The van der Waals surface area contributed by atoms with Crippen LogP contribution < -0.4 is 10.9 Å². The third-order valence-corrected chi connectivity index (χ3v) is 1.96. The highest BCUT2D eigenvalue weighted by Gasteiger charge is 2.01. The number of aromatic nitrogens is 3. The van der Waals surface area contributed by atoms with Crippen LogP contribution in [0, 0.1) is 0 Å². The zero-order valence-electron chi connectivity index (χ0n) is 8.21. The van der Waals surface area contributed by atoms with Crippen molar-refractivity contribution < 1.29 is 0 Å². The summed E-state index contributed by atoms with van der Waals surface area (Å²) in [5, 5.41) is 2.93. The minimum absolute atomic E-state index is 0.158. The largest absolute Gasteiger partial charge is 0.336 e. The Labute approximate surface area is 86.4 Å². The smallest absolute Gasteiger partial charge is 0.293 e. The maximum atomic E-state index is 11.6. The molecule has 0 aliphatic rings. The topological polar surface area (TPSA) is 59.8 Å². The minimum Gasteiger partial charge on any atom is -0.336 e. The van der Waals surface area contributed by atoms with Crippen LogP contribution in [0.25, 0.3) is 0 Å². The maximum absolute atomic E-state index is 11.6. The van der Waals surface area contributed by atoms with Gasteiger partial charge >= 0.3 is 0 Å². The molecule has 0 aromatic carbocycles. The molecule has 5 heteroatoms. The molecule has 2 heterocycles. The number of nitrogens with one attached hydrogen (secondary N) is 1. The molecule has 0 aliphatic carbocycles. The van der Waals surface area contributed by atoms with Gasteiger partial charge in [0.25, 0.3) is 5.56 Å². The molecule has 2 aromatic heterocycles. The fraction of sp³-hybridized carbons (Fsp3) is 0.100. The monoisotopic (exact) mass is 202 g/mol. The van der Waals surface area contributed by atoms with E-state index in [2.05, 4.69) is 15.3 Å². The summed E-state index contributed by atoms with van der Waals surface area (Å²) in [6.07, 6.45) is 6.48. The molecule has 2 rings (SSSR count). The summed E-state index contributed by atoms with van der Waals surface area (Å²) in [5.41, 5.74) is 0.634. The van der Waals surface area contributed by atoms with Crippen LogP contribution in [0.5, 0.6) is 0 Å². The summed E-state index contributed by atoms with van der Waals surface area (Å²) in [5.74, 6) is 0.311. The van der Waals surface area contributed by atoms with Gasteiger partial charge in [0.1, 0.15) is 0 Å². The highest BCUT2D eigenvalue weighted by molar-refractivity contribution is 5.53. The van der Waals surface area contributed by atoms with Gasteiger partial charge in [-0.2, -0.15) is 0 Å². The predicted molar refractivity (Wildman–Crippen MR) is 57.0 cm³/mol. The Hall–Kier alpha value is -2.17. The summed E-state index contributed by atoms with van der Waals surface area (Å²) in [7, 11) is 1.68. The number of hydrogen-bond acceptors (Lipinski definition) is 4. The molecule has 15 heavy (non-hydrogen) atoms. The van der Waals surface area contributed by atoms with Gasteiger partial charge in [0, 0.05) is 37.5 Å². The Morgan fingerprint density at radius 2 is 2.00 bits per heavy atom. The molecule has 5 nitrogen and oxygen atoms in total. The second-order valence-electron chi connectivity index (χ2n) is 3.05. The van der Waals surface area contributed by atoms with Crippen molar-refractivity contribution >= 4 is 11.5 Å². The molecule has 0 saturated carbocycles. The summed E-state index contributed by atoms with van der Waals surface area (Å²) < 4.78 is 1.47. The van der Waals surface area contributed by atoms with E-state index in [9.17, 15) is 4.79 Å². The highest BCUT2D eigenvalue weighted by atomic mass is 16.1. The van der Waals surface area contributed by atoms with Gasteiger partial charge in [-0.05, 0) is 12.1 Å². The number of aryl methyl sites for hydroxylation is 1. The zero-order valence-corrected chi connectivity index (χ0v) is 8.21. The summed E-state index contributed by atoms with van der Waals surface area (Å²) >= 11 is 0. The first-order chi connectivity index (χ1) is 7.27. The Balaban J connectivity index is 2.33. The van der Waals surface area contributed by atoms with Crippen molar-refractivity contribution in [3.8, 4) is 0 Å². The maximum Gasteiger partial charge on any atom is 0.293 e. The first kappa shape index (κ1) is 9.39. The molecule has 0 fully saturated rings. The molecule has 0 atom stereocenters. The first-order valence-electron chi connectivity index (χ1n) is 4.46. The van der Waals surface area contributed by atoms with Gasteiger partial charge in [-0.25, -0.2) is 4.98 Å². The van der Waals surface area contributed by atoms with Crippen LogP contribution in [0.3, 0.4) is 0 Å². The number of anilines is 2. The minimum atomic E-state index is -0.158. The lowest BCUT2D eigenvalue weighted by molar-refractivity contribution is 0.845. The van der Waals surface area contributed by atoms with Crippen molar-refractivity contribution in [3.63, 3.8) is 0 Å². The summed E-state index contributed by atoms with van der Waals surface area (Å²) in [6, 6.07) is 3.54. The Bertz CT molecular complexity index is 506. The third-order valence-electron chi connectivity index (χ3n) is 1.96. The number of pyridine rings is 1. The van der Waals surface area contributed by atoms with E-state index in [-0.39, 0.29) is 5.56 Å². The SMILES string of the molecule is Cn1ccnc(Nc2ccncc2)c1=O. The van der Waals surface area contributed by atoms with Crippen LogP contribution in [0.4, 0.5) is 11.5 Å². The van der Waals surface area contributed by atoms with Gasteiger partial charge in [-0.15, -0.1) is 0 Å². The van der Waals surface area contributed by atoms with Gasteiger partial charge < -0.3 is 9.88 Å². The molecule has 0 aliphatic heterocycles. The lowest BCUT2D eigenvalue weighted by atomic mass is 10.4. The summed E-state index contributed by atoms with van der Waals surface area (Å²) in [4.78, 5) is 19.4. The Morgan fingerprint density at radius 3 is 2.73 bits per heavy atom. The molecule has 1 N–H and O–H groups in total. The van der Waals surface area contributed by atoms with Gasteiger partial charge in [0.15, 0.2) is 5.82 Å². The Morgan fingerprint density at radius 1 is 1.27 bits per heavy atom. The second kappa shape index (κ2) is 3.91. The third kappa shape index (κ3) is 2.01. The standard InChI is InChI=1S/C10H10N4O/c1-14-7-6-12-9(10(14)15)13-8-2-4-11-5-3-8/h2-7H,1H3,(H,11,12,13). The predicted octanol–water partition coefficient (Wildman–Crippen LogP) is 0.919. The average Bonchev–Trinajstić information content (AvgIpc) is 2.26. The van der Waals surface area contributed by atoms with Crippen LogP contribution in [0.1, 0.15) is 0 Å². The highest BCUT2D eigenvalue weighted by Crippen LogP contribution is 2.08. The quantitative estimate of drug-likeness (QED) is 0.786. The molecule has 0 amide bonds. The number of hydrogen-bond donors (Lipinski definition) is 1. The van der Waals surface area contributed by atoms with Gasteiger partial charge in [0.05, 0.1) is 0 Å².